The van der Waals surface area contributed by atoms with E-state index in [-0.39, 0.29) is 0 Å². The molecule has 0 radical (unpaired) electrons. The van der Waals surface area contributed by atoms with E-state index in [0.717, 1.165) is 13.1 Å². The molecule has 2 N–H and O–H groups in total. The summed E-state index contributed by atoms with van der Waals surface area (Å²) >= 11 is 0. The lowest BCUT2D eigenvalue weighted by Gasteiger charge is -2.25. The van der Waals surface area contributed by atoms with Crippen LogP contribution >= 0.6 is 0 Å². The van der Waals surface area contributed by atoms with Crippen LogP contribution < -0.4 is 5.32 Å². The molecule has 0 aromatic carbocycles. The molecule has 0 spiro atoms. The van der Waals surface area contributed by atoms with E-state index in [1.807, 2.05) is 0 Å². The van der Waals surface area contributed by atoms with E-state index in [9.17, 15) is 13.2 Å². The maximum absolute atomic E-state index is 10.6. The summed E-state index contributed by atoms with van der Waals surface area (Å²) in [5.41, 5.74) is 0. The number of alkyl halides is 3. The number of aliphatic carboxylic acids is 1. The van der Waals surface area contributed by atoms with Gasteiger partial charge in [-0.15, -0.1) is 6.42 Å². The van der Waals surface area contributed by atoms with Gasteiger partial charge in [-0.25, -0.2) is 4.79 Å². The van der Waals surface area contributed by atoms with Crippen LogP contribution in [0.3, 0.4) is 0 Å². The Morgan fingerprint density at radius 2 is 2.07 bits per heavy atom. The first kappa shape index (κ1) is 13.7. The van der Waals surface area contributed by atoms with Gasteiger partial charge >= 0.3 is 12.1 Å². The topological polar surface area (TPSA) is 58.6 Å². The second-order valence-electron chi connectivity index (χ2n) is 2.60. The van der Waals surface area contributed by atoms with Crippen LogP contribution in [0.25, 0.3) is 0 Å². The summed E-state index contributed by atoms with van der Waals surface area (Å²) in [6.45, 7) is 2.37. The summed E-state index contributed by atoms with van der Waals surface area (Å²) in [5.74, 6) is -0.340. The lowest BCUT2D eigenvalue weighted by Crippen LogP contribution is -2.48. The zero-order chi connectivity index (χ0) is 11.9. The van der Waals surface area contributed by atoms with Crippen LogP contribution in [-0.2, 0) is 9.53 Å². The maximum atomic E-state index is 10.6. The normalized spacial score (nSPS) is 15.6. The molecule has 1 rings (SSSR count). The van der Waals surface area contributed by atoms with Gasteiger partial charge in [-0.1, -0.05) is 5.92 Å². The molecule has 0 aliphatic carbocycles. The Morgan fingerprint density at radius 1 is 1.60 bits per heavy atom. The number of hydrogen-bond donors (Lipinski definition) is 2. The molecule has 0 saturated carbocycles. The lowest BCUT2D eigenvalue weighted by molar-refractivity contribution is -0.192. The Labute approximate surface area is 84.4 Å². The van der Waals surface area contributed by atoms with Gasteiger partial charge in [-0.3, -0.25) is 0 Å². The Bertz CT molecular complexity index is 242. The van der Waals surface area contributed by atoms with Crippen LogP contribution in [0.1, 0.15) is 0 Å². The summed E-state index contributed by atoms with van der Waals surface area (Å²) in [6.07, 6.45) is 0.257. The molecule has 0 atom stereocenters. The van der Waals surface area contributed by atoms with Crippen LogP contribution in [0.2, 0.25) is 0 Å². The zero-order valence-electron chi connectivity index (χ0n) is 7.67. The van der Waals surface area contributed by atoms with Crippen LogP contribution in [-0.4, -0.2) is 43.1 Å². The largest absolute Gasteiger partial charge is 0.490 e. The third kappa shape index (κ3) is 6.76. The molecule has 1 aliphatic rings. The van der Waals surface area contributed by atoms with E-state index in [0.29, 0.717) is 12.7 Å². The Morgan fingerprint density at radius 3 is 2.27 bits per heavy atom. The molecule has 1 saturated heterocycles. The van der Waals surface area contributed by atoms with Gasteiger partial charge in [-0.2, -0.15) is 13.2 Å². The molecule has 86 valence electrons. The molecule has 4 nitrogen and oxygen atoms in total. The molecular formula is C8H10F3NO3. The third-order valence-corrected chi connectivity index (χ3v) is 1.39. The first-order valence-electron chi connectivity index (χ1n) is 3.93. The summed E-state index contributed by atoms with van der Waals surface area (Å²) in [7, 11) is 0. The van der Waals surface area contributed by atoms with Crippen molar-refractivity contribution in [1.29, 1.82) is 0 Å². The summed E-state index contributed by atoms with van der Waals surface area (Å²) < 4.78 is 36.9. The molecule has 0 aromatic rings. The third-order valence-electron chi connectivity index (χ3n) is 1.39. The van der Waals surface area contributed by atoms with Gasteiger partial charge in [-0.05, 0) is 0 Å². The van der Waals surface area contributed by atoms with Crippen molar-refractivity contribution in [3.8, 4) is 12.3 Å². The smallest absolute Gasteiger partial charge is 0.475 e. The molecule has 0 unspecified atom stereocenters. The fourth-order valence-corrected chi connectivity index (χ4v) is 0.546. The minimum absolute atomic E-state index is 0.381. The van der Waals surface area contributed by atoms with Gasteiger partial charge in [0.25, 0.3) is 0 Å². The Kier molecular flexibility index (Phi) is 5.74. The zero-order valence-corrected chi connectivity index (χ0v) is 7.67. The summed E-state index contributed by atoms with van der Waals surface area (Å²) in [6, 6.07) is 0. The van der Waals surface area contributed by atoms with E-state index < -0.39 is 12.1 Å². The average Bonchev–Trinajstić information content (AvgIpc) is 2.01. The molecule has 1 aliphatic heterocycles. The van der Waals surface area contributed by atoms with Crippen LogP contribution in [0.4, 0.5) is 13.2 Å². The Balaban J connectivity index is 0.000000265. The maximum Gasteiger partial charge on any atom is 0.490 e. The summed E-state index contributed by atoms with van der Waals surface area (Å²) in [5, 5.41) is 10.2. The van der Waals surface area contributed by atoms with Crippen molar-refractivity contribution >= 4 is 5.97 Å². The second-order valence-corrected chi connectivity index (χ2v) is 2.60. The van der Waals surface area contributed by atoms with Gasteiger partial charge in [0.1, 0.15) is 6.61 Å². The molecule has 0 bridgehead atoms. The van der Waals surface area contributed by atoms with Crippen molar-refractivity contribution in [2.75, 3.05) is 19.7 Å². The predicted octanol–water partition coefficient (Wildman–Crippen LogP) is 0.241. The fraction of sp³-hybridized carbons (Fsp3) is 0.625. The number of nitrogens with one attached hydrogen (secondary N) is 1. The van der Waals surface area contributed by atoms with Crippen LogP contribution in [0, 0.1) is 12.3 Å². The standard InChI is InChI=1S/C6H9NO.C2HF3O2/c1-2-3-8-6-4-7-5-6;3-2(4,5)1(6)7/h1,6-7H,3-5H2;(H,6,7). The molecular weight excluding hydrogens is 215 g/mol. The van der Waals surface area contributed by atoms with Gasteiger partial charge < -0.3 is 15.2 Å². The first-order valence-corrected chi connectivity index (χ1v) is 3.93. The minimum atomic E-state index is -5.08. The average molecular weight is 225 g/mol. The van der Waals surface area contributed by atoms with E-state index in [1.165, 1.54) is 0 Å². The number of ether oxygens (including phenoxy) is 1. The molecule has 0 aromatic heterocycles. The minimum Gasteiger partial charge on any atom is -0.475 e. The monoisotopic (exact) mass is 225 g/mol. The first-order chi connectivity index (χ1) is 6.88. The number of halogens is 3. The quantitative estimate of drug-likeness (QED) is 0.661. The highest BCUT2D eigenvalue weighted by molar-refractivity contribution is 5.73. The van der Waals surface area contributed by atoms with Crippen molar-refractivity contribution in [2.24, 2.45) is 0 Å². The van der Waals surface area contributed by atoms with Crippen molar-refractivity contribution in [1.82, 2.24) is 5.32 Å². The number of rotatable bonds is 2. The van der Waals surface area contributed by atoms with Gasteiger partial charge in [0.05, 0.1) is 6.10 Å². The highest BCUT2D eigenvalue weighted by Crippen LogP contribution is 2.13. The second kappa shape index (κ2) is 6.27. The number of carboxylic acid groups (broad SMARTS) is 1. The molecule has 0 amide bonds. The Hall–Kier alpha value is -1.26. The summed E-state index contributed by atoms with van der Waals surface area (Å²) in [4.78, 5) is 8.90. The number of terminal acetylenes is 1. The molecule has 1 fully saturated rings. The number of carboxylic acids is 1. The van der Waals surface area contributed by atoms with Crippen LogP contribution in [0.5, 0.6) is 0 Å². The number of carbonyl (C=O) groups is 1. The highest BCUT2D eigenvalue weighted by Gasteiger charge is 2.38. The SMILES string of the molecule is C#CCOC1CNC1.O=C(O)C(F)(F)F. The number of hydrogen-bond acceptors (Lipinski definition) is 3. The van der Waals surface area contributed by atoms with E-state index in [1.54, 1.807) is 0 Å². The van der Waals surface area contributed by atoms with Crippen molar-refractivity contribution in [2.45, 2.75) is 12.3 Å². The van der Waals surface area contributed by atoms with E-state index in [4.69, 9.17) is 21.1 Å². The lowest BCUT2D eigenvalue weighted by atomic mass is 10.2. The molecule has 15 heavy (non-hydrogen) atoms. The van der Waals surface area contributed by atoms with Gasteiger partial charge in [0.2, 0.25) is 0 Å². The highest BCUT2D eigenvalue weighted by atomic mass is 19.4. The molecule has 7 heteroatoms. The van der Waals surface area contributed by atoms with Gasteiger partial charge in [0, 0.05) is 13.1 Å². The van der Waals surface area contributed by atoms with Crippen LogP contribution in [0.15, 0.2) is 0 Å². The fourth-order valence-electron chi connectivity index (χ4n) is 0.546. The van der Waals surface area contributed by atoms with Crippen molar-refractivity contribution < 1.29 is 27.8 Å². The van der Waals surface area contributed by atoms with Crippen molar-refractivity contribution in [3.05, 3.63) is 0 Å². The molecule has 1 heterocycles. The van der Waals surface area contributed by atoms with Gasteiger partial charge in [0.15, 0.2) is 0 Å². The van der Waals surface area contributed by atoms with Crippen molar-refractivity contribution in [3.63, 3.8) is 0 Å². The van der Waals surface area contributed by atoms with E-state index in [2.05, 4.69) is 11.2 Å². The van der Waals surface area contributed by atoms with E-state index >= 15 is 0 Å². The predicted molar refractivity (Wildman–Crippen MR) is 45.1 cm³/mol.